The van der Waals surface area contributed by atoms with E-state index in [4.69, 9.17) is 9.47 Å². The zero-order chi connectivity index (χ0) is 14.9. The number of fused-ring (bicyclic) bond motifs is 1. The standard InChI is InChI=1S/C14H20N2O4S.ClH/c1-10-7-12-13(20-9-19-12)8-14(10)21(17,18)16-6-4-11-3-2-5-15-11;/h7-8,11,15-16H,2-6,9H2,1H3;1H/t11-;/m1./s1. The van der Waals surface area contributed by atoms with Crippen LogP contribution < -0.4 is 19.5 Å². The molecule has 3 rings (SSSR count). The van der Waals surface area contributed by atoms with Crippen molar-refractivity contribution < 1.29 is 17.9 Å². The van der Waals surface area contributed by atoms with Gasteiger partial charge in [-0.05, 0) is 44.4 Å². The molecule has 0 spiro atoms. The van der Waals surface area contributed by atoms with Gasteiger partial charge in [0, 0.05) is 18.7 Å². The molecule has 1 aromatic rings. The van der Waals surface area contributed by atoms with Gasteiger partial charge < -0.3 is 14.8 Å². The summed E-state index contributed by atoms with van der Waals surface area (Å²) in [6, 6.07) is 3.66. The van der Waals surface area contributed by atoms with E-state index < -0.39 is 10.0 Å². The minimum atomic E-state index is -3.52. The first-order valence-corrected chi connectivity index (χ1v) is 8.68. The van der Waals surface area contributed by atoms with E-state index in [0.717, 1.165) is 19.4 Å². The van der Waals surface area contributed by atoms with E-state index in [1.165, 1.54) is 12.5 Å². The molecule has 1 aromatic carbocycles. The van der Waals surface area contributed by atoms with E-state index >= 15 is 0 Å². The van der Waals surface area contributed by atoms with E-state index in [-0.39, 0.29) is 24.1 Å². The van der Waals surface area contributed by atoms with Crippen LogP contribution in [0.4, 0.5) is 0 Å². The maximum Gasteiger partial charge on any atom is 0.240 e. The highest BCUT2D eigenvalue weighted by atomic mass is 35.5. The molecule has 0 unspecified atom stereocenters. The van der Waals surface area contributed by atoms with Gasteiger partial charge in [0.15, 0.2) is 11.5 Å². The van der Waals surface area contributed by atoms with E-state index in [1.807, 2.05) is 0 Å². The summed E-state index contributed by atoms with van der Waals surface area (Å²) in [5.74, 6) is 1.08. The molecule has 2 aliphatic heterocycles. The number of nitrogens with one attached hydrogen (secondary N) is 2. The lowest BCUT2D eigenvalue weighted by Crippen LogP contribution is -2.31. The molecule has 8 heteroatoms. The zero-order valence-electron chi connectivity index (χ0n) is 12.4. The summed E-state index contributed by atoms with van der Waals surface area (Å²) in [5.41, 5.74) is 0.658. The maximum absolute atomic E-state index is 12.4. The summed E-state index contributed by atoms with van der Waals surface area (Å²) in [6.07, 6.45) is 3.09. The number of ether oxygens (including phenoxy) is 2. The first-order chi connectivity index (χ1) is 10.1. The van der Waals surface area contributed by atoms with Crippen molar-refractivity contribution in [3.63, 3.8) is 0 Å². The average Bonchev–Trinajstić information content (AvgIpc) is 3.07. The topological polar surface area (TPSA) is 76.7 Å². The second-order valence-electron chi connectivity index (χ2n) is 5.45. The van der Waals surface area contributed by atoms with Crippen LogP contribution in [-0.4, -0.2) is 34.3 Å². The summed E-state index contributed by atoms with van der Waals surface area (Å²) in [4.78, 5) is 0.256. The van der Waals surface area contributed by atoms with Gasteiger partial charge in [0.25, 0.3) is 0 Å². The van der Waals surface area contributed by atoms with Crippen molar-refractivity contribution >= 4 is 22.4 Å². The summed E-state index contributed by atoms with van der Waals surface area (Å²) < 4.78 is 38.0. The molecule has 0 radical (unpaired) electrons. The summed E-state index contributed by atoms with van der Waals surface area (Å²) in [7, 11) is -3.52. The number of benzene rings is 1. The van der Waals surface area contributed by atoms with Crippen LogP contribution in [0.15, 0.2) is 17.0 Å². The molecular formula is C14H21ClN2O4S. The lowest BCUT2D eigenvalue weighted by Gasteiger charge is -2.13. The Balaban J connectivity index is 0.00000176. The lowest BCUT2D eigenvalue weighted by atomic mass is 10.2. The smallest absolute Gasteiger partial charge is 0.240 e. The van der Waals surface area contributed by atoms with E-state index in [2.05, 4.69) is 10.0 Å². The summed E-state index contributed by atoms with van der Waals surface area (Å²) in [6.45, 7) is 3.36. The third kappa shape index (κ3) is 3.65. The molecule has 2 heterocycles. The van der Waals surface area contributed by atoms with Crippen LogP contribution in [0.3, 0.4) is 0 Å². The molecule has 6 nitrogen and oxygen atoms in total. The van der Waals surface area contributed by atoms with Crippen molar-refractivity contribution in [3.8, 4) is 11.5 Å². The third-order valence-electron chi connectivity index (χ3n) is 3.91. The van der Waals surface area contributed by atoms with Crippen LogP contribution in [0, 0.1) is 6.92 Å². The van der Waals surface area contributed by atoms with Gasteiger partial charge in [0.2, 0.25) is 16.8 Å². The van der Waals surface area contributed by atoms with Crippen LogP contribution in [-0.2, 0) is 10.0 Å². The highest BCUT2D eigenvalue weighted by Crippen LogP contribution is 2.36. The number of rotatable bonds is 5. The minimum Gasteiger partial charge on any atom is -0.454 e. The number of aryl methyl sites for hydroxylation is 1. The normalized spacial score (nSPS) is 20.0. The van der Waals surface area contributed by atoms with Gasteiger partial charge in [0.1, 0.15) is 0 Å². The van der Waals surface area contributed by atoms with Gasteiger partial charge in [-0.2, -0.15) is 0 Å². The quantitative estimate of drug-likeness (QED) is 0.844. The Morgan fingerprint density at radius 3 is 2.73 bits per heavy atom. The predicted molar refractivity (Wildman–Crippen MR) is 85.4 cm³/mol. The Kier molecular flexibility index (Phi) is 5.55. The average molecular weight is 349 g/mol. The molecule has 1 fully saturated rings. The lowest BCUT2D eigenvalue weighted by molar-refractivity contribution is 0.174. The molecule has 2 aliphatic rings. The summed E-state index contributed by atoms with van der Waals surface area (Å²) in [5, 5.41) is 3.36. The second kappa shape index (κ2) is 7.04. The minimum absolute atomic E-state index is 0. The van der Waals surface area contributed by atoms with Crippen molar-refractivity contribution in [2.45, 2.75) is 37.1 Å². The molecule has 0 saturated carbocycles. The number of hydrogen-bond donors (Lipinski definition) is 2. The van der Waals surface area contributed by atoms with Crippen LogP contribution >= 0.6 is 12.4 Å². The summed E-state index contributed by atoms with van der Waals surface area (Å²) >= 11 is 0. The highest BCUT2D eigenvalue weighted by Gasteiger charge is 2.23. The number of sulfonamides is 1. The van der Waals surface area contributed by atoms with Crippen molar-refractivity contribution in [1.29, 1.82) is 0 Å². The van der Waals surface area contributed by atoms with Crippen LogP contribution in [0.25, 0.3) is 0 Å². The SMILES string of the molecule is Cc1cc2c(cc1S(=O)(=O)NCC[C@H]1CCCN1)OCO2.Cl. The van der Waals surface area contributed by atoms with E-state index in [1.54, 1.807) is 13.0 Å². The predicted octanol–water partition coefficient (Wildman–Crippen LogP) is 1.57. The maximum atomic E-state index is 12.4. The molecular weight excluding hydrogens is 328 g/mol. The van der Waals surface area contributed by atoms with Crippen molar-refractivity contribution in [1.82, 2.24) is 10.0 Å². The molecule has 0 bridgehead atoms. The zero-order valence-corrected chi connectivity index (χ0v) is 14.1. The van der Waals surface area contributed by atoms with Crippen LogP contribution in [0.2, 0.25) is 0 Å². The van der Waals surface area contributed by atoms with Gasteiger partial charge in [-0.15, -0.1) is 12.4 Å². The Labute approximate surface area is 137 Å². The van der Waals surface area contributed by atoms with E-state index in [9.17, 15) is 8.42 Å². The van der Waals surface area contributed by atoms with Gasteiger partial charge >= 0.3 is 0 Å². The van der Waals surface area contributed by atoms with Crippen LogP contribution in [0.5, 0.6) is 11.5 Å². The molecule has 2 N–H and O–H groups in total. The fourth-order valence-corrected chi connectivity index (χ4v) is 4.05. The number of hydrogen-bond acceptors (Lipinski definition) is 5. The van der Waals surface area contributed by atoms with Gasteiger partial charge in [-0.25, -0.2) is 13.1 Å². The molecule has 0 amide bonds. The van der Waals surface area contributed by atoms with Gasteiger partial charge in [-0.3, -0.25) is 0 Å². The second-order valence-corrected chi connectivity index (χ2v) is 7.19. The fraction of sp³-hybridized carbons (Fsp3) is 0.571. The largest absolute Gasteiger partial charge is 0.454 e. The van der Waals surface area contributed by atoms with Gasteiger partial charge in [-0.1, -0.05) is 0 Å². The Hall–Kier alpha value is -1.02. The van der Waals surface area contributed by atoms with Crippen molar-refractivity contribution in [2.75, 3.05) is 19.9 Å². The van der Waals surface area contributed by atoms with Crippen molar-refractivity contribution in [3.05, 3.63) is 17.7 Å². The Morgan fingerprint density at radius 1 is 1.32 bits per heavy atom. The molecule has 0 aromatic heterocycles. The third-order valence-corrected chi connectivity index (χ3v) is 5.51. The highest BCUT2D eigenvalue weighted by molar-refractivity contribution is 7.89. The Morgan fingerprint density at radius 2 is 2.05 bits per heavy atom. The fourth-order valence-electron chi connectivity index (χ4n) is 2.76. The monoisotopic (exact) mass is 348 g/mol. The first kappa shape index (κ1) is 17.3. The number of halogens is 1. The molecule has 1 saturated heterocycles. The van der Waals surface area contributed by atoms with E-state index in [0.29, 0.717) is 29.6 Å². The van der Waals surface area contributed by atoms with Crippen LogP contribution in [0.1, 0.15) is 24.8 Å². The molecule has 22 heavy (non-hydrogen) atoms. The first-order valence-electron chi connectivity index (χ1n) is 7.19. The van der Waals surface area contributed by atoms with Crippen molar-refractivity contribution in [2.24, 2.45) is 0 Å². The molecule has 1 atom stereocenters. The molecule has 124 valence electrons. The molecule has 0 aliphatic carbocycles. The van der Waals surface area contributed by atoms with Gasteiger partial charge in [0.05, 0.1) is 4.90 Å². The Bertz CT molecular complexity index is 630.